The minimum Gasteiger partial charge on any atom is -0.355 e. The smallest absolute Gasteiger partial charge is 0.224 e. The number of hydrogen-bond donors (Lipinski definition) is 1. The molecule has 2 heterocycles. The van der Waals surface area contributed by atoms with E-state index in [0.717, 1.165) is 28.3 Å². The zero-order valence-corrected chi connectivity index (χ0v) is 14.5. The van der Waals surface area contributed by atoms with Gasteiger partial charge in [-0.05, 0) is 37.1 Å². The number of para-hydroxylation sites is 2. The Kier molecular flexibility index (Phi) is 3.73. The van der Waals surface area contributed by atoms with Crippen molar-refractivity contribution in [2.75, 3.05) is 10.2 Å². The van der Waals surface area contributed by atoms with Crippen molar-refractivity contribution in [3.05, 3.63) is 54.1 Å². The topological polar surface area (TPSA) is 45.2 Å². The molecule has 1 aromatic heterocycles. The minimum absolute atomic E-state index is 0.0911. The largest absolute Gasteiger partial charge is 0.355 e. The lowest BCUT2D eigenvalue weighted by atomic mass is 9.92. The van der Waals surface area contributed by atoms with Crippen LogP contribution in [0, 0.1) is 0 Å². The standard InChI is InChI=1S/C19H19N3OS/c1-12-11-16(14-7-3-5-9-17(14)22(12)13(2)23)21-19-20-15-8-4-6-10-18(15)24-19/h3-10,12,16H,11H2,1-2H3,(H,20,21)/t12-,16+/m1/s1. The fourth-order valence-electron chi connectivity index (χ4n) is 3.51. The summed E-state index contributed by atoms with van der Waals surface area (Å²) >= 11 is 1.67. The van der Waals surface area contributed by atoms with Gasteiger partial charge in [0.15, 0.2) is 5.13 Å². The lowest BCUT2D eigenvalue weighted by Crippen LogP contribution is -2.43. The van der Waals surface area contributed by atoms with Crippen LogP contribution < -0.4 is 10.2 Å². The number of fused-ring (bicyclic) bond motifs is 2. The average Bonchev–Trinajstić information content (AvgIpc) is 2.96. The summed E-state index contributed by atoms with van der Waals surface area (Å²) in [5.41, 5.74) is 3.18. The first-order valence-corrected chi connectivity index (χ1v) is 8.96. The van der Waals surface area contributed by atoms with Crippen molar-refractivity contribution < 1.29 is 4.79 Å². The number of aromatic nitrogens is 1. The van der Waals surface area contributed by atoms with E-state index in [1.807, 2.05) is 41.3 Å². The molecule has 1 amide bonds. The van der Waals surface area contributed by atoms with Crippen LogP contribution in [0.3, 0.4) is 0 Å². The molecule has 2 atom stereocenters. The fraction of sp³-hybridized carbons (Fsp3) is 0.263. The third-order valence-electron chi connectivity index (χ3n) is 4.52. The number of nitrogens with one attached hydrogen (secondary N) is 1. The molecule has 0 bridgehead atoms. The maximum atomic E-state index is 12.0. The Morgan fingerprint density at radius 2 is 1.96 bits per heavy atom. The van der Waals surface area contributed by atoms with E-state index < -0.39 is 0 Å². The molecule has 0 spiro atoms. The molecule has 0 fully saturated rings. The number of hydrogen-bond acceptors (Lipinski definition) is 4. The zero-order chi connectivity index (χ0) is 16.7. The predicted octanol–water partition coefficient (Wildman–Crippen LogP) is 4.59. The Bertz CT molecular complexity index is 871. The van der Waals surface area contributed by atoms with Gasteiger partial charge in [0.2, 0.25) is 5.91 Å². The van der Waals surface area contributed by atoms with Gasteiger partial charge in [-0.3, -0.25) is 4.79 Å². The zero-order valence-electron chi connectivity index (χ0n) is 13.7. The Hall–Kier alpha value is -2.40. The number of anilines is 2. The predicted molar refractivity (Wildman–Crippen MR) is 99.7 cm³/mol. The molecule has 0 unspecified atom stereocenters. The number of rotatable bonds is 2. The number of benzene rings is 2. The minimum atomic E-state index is 0.0911. The van der Waals surface area contributed by atoms with Crippen LogP contribution in [0.5, 0.6) is 0 Å². The van der Waals surface area contributed by atoms with E-state index in [-0.39, 0.29) is 18.0 Å². The molecular formula is C19H19N3OS. The van der Waals surface area contributed by atoms with Crippen LogP contribution in [0.2, 0.25) is 0 Å². The molecule has 3 aromatic rings. The van der Waals surface area contributed by atoms with E-state index in [2.05, 4.69) is 29.4 Å². The summed E-state index contributed by atoms with van der Waals surface area (Å²) in [6.07, 6.45) is 0.868. The average molecular weight is 337 g/mol. The number of thiazole rings is 1. The van der Waals surface area contributed by atoms with E-state index in [9.17, 15) is 4.79 Å². The van der Waals surface area contributed by atoms with Crippen LogP contribution in [0.15, 0.2) is 48.5 Å². The van der Waals surface area contributed by atoms with Gasteiger partial charge in [-0.1, -0.05) is 41.7 Å². The molecule has 0 aliphatic carbocycles. The highest BCUT2D eigenvalue weighted by Crippen LogP contribution is 2.39. The molecule has 0 saturated carbocycles. The summed E-state index contributed by atoms with van der Waals surface area (Å²) in [5, 5.41) is 4.52. The van der Waals surface area contributed by atoms with Crippen LogP contribution in [0.25, 0.3) is 10.2 Å². The molecule has 122 valence electrons. The molecule has 24 heavy (non-hydrogen) atoms. The van der Waals surface area contributed by atoms with Gasteiger partial charge in [0.25, 0.3) is 0 Å². The molecule has 4 rings (SSSR count). The quantitative estimate of drug-likeness (QED) is 0.743. The van der Waals surface area contributed by atoms with Crippen LogP contribution in [-0.2, 0) is 4.79 Å². The second kappa shape index (κ2) is 5.91. The van der Waals surface area contributed by atoms with Crippen molar-refractivity contribution in [2.24, 2.45) is 0 Å². The van der Waals surface area contributed by atoms with Gasteiger partial charge in [0.05, 0.1) is 16.3 Å². The normalized spacial score (nSPS) is 20.0. The van der Waals surface area contributed by atoms with E-state index in [1.165, 1.54) is 4.70 Å². The van der Waals surface area contributed by atoms with Crippen molar-refractivity contribution in [3.63, 3.8) is 0 Å². The van der Waals surface area contributed by atoms with Crippen molar-refractivity contribution >= 4 is 38.3 Å². The highest BCUT2D eigenvalue weighted by Gasteiger charge is 2.32. The van der Waals surface area contributed by atoms with Gasteiger partial charge in [0, 0.05) is 18.7 Å². The molecule has 0 radical (unpaired) electrons. The van der Waals surface area contributed by atoms with Crippen molar-refractivity contribution in [1.29, 1.82) is 0 Å². The molecular weight excluding hydrogens is 318 g/mol. The monoisotopic (exact) mass is 337 g/mol. The Morgan fingerprint density at radius 1 is 1.21 bits per heavy atom. The maximum Gasteiger partial charge on any atom is 0.224 e. The number of amides is 1. The molecule has 4 nitrogen and oxygen atoms in total. The van der Waals surface area contributed by atoms with E-state index in [0.29, 0.717) is 0 Å². The van der Waals surface area contributed by atoms with Gasteiger partial charge in [-0.25, -0.2) is 4.98 Å². The third kappa shape index (κ3) is 2.55. The lowest BCUT2D eigenvalue weighted by Gasteiger charge is -2.39. The number of carbonyl (C=O) groups excluding carboxylic acids is 1. The molecule has 0 saturated heterocycles. The summed E-state index contributed by atoms with van der Waals surface area (Å²) in [6, 6.07) is 16.6. The Labute approximate surface area is 145 Å². The molecule has 2 aromatic carbocycles. The highest BCUT2D eigenvalue weighted by molar-refractivity contribution is 7.22. The first kappa shape index (κ1) is 15.1. The van der Waals surface area contributed by atoms with Crippen molar-refractivity contribution in [1.82, 2.24) is 4.98 Å². The third-order valence-corrected chi connectivity index (χ3v) is 5.49. The maximum absolute atomic E-state index is 12.0. The molecule has 1 aliphatic rings. The first-order chi connectivity index (χ1) is 11.6. The summed E-state index contributed by atoms with van der Waals surface area (Å²) in [7, 11) is 0. The van der Waals surface area contributed by atoms with Gasteiger partial charge in [-0.15, -0.1) is 0 Å². The van der Waals surface area contributed by atoms with E-state index >= 15 is 0 Å². The lowest BCUT2D eigenvalue weighted by molar-refractivity contribution is -0.117. The van der Waals surface area contributed by atoms with Crippen LogP contribution in [0.1, 0.15) is 31.9 Å². The summed E-state index contributed by atoms with van der Waals surface area (Å²) in [4.78, 5) is 18.6. The molecule has 1 aliphatic heterocycles. The van der Waals surface area contributed by atoms with E-state index in [1.54, 1.807) is 18.3 Å². The number of carbonyl (C=O) groups is 1. The van der Waals surface area contributed by atoms with Crippen LogP contribution >= 0.6 is 11.3 Å². The van der Waals surface area contributed by atoms with Gasteiger partial charge in [-0.2, -0.15) is 0 Å². The van der Waals surface area contributed by atoms with Crippen LogP contribution in [0.4, 0.5) is 10.8 Å². The Morgan fingerprint density at radius 3 is 2.75 bits per heavy atom. The van der Waals surface area contributed by atoms with Gasteiger partial charge in [0.1, 0.15) is 0 Å². The van der Waals surface area contributed by atoms with Crippen molar-refractivity contribution in [3.8, 4) is 0 Å². The summed E-state index contributed by atoms with van der Waals surface area (Å²) in [6.45, 7) is 3.74. The van der Waals surface area contributed by atoms with Gasteiger partial charge >= 0.3 is 0 Å². The SMILES string of the molecule is CC(=O)N1c2ccccc2[C@@H](Nc2nc3ccccc3s2)C[C@H]1C. The molecule has 5 heteroatoms. The molecule has 1 N–H and O–H groups in total. The van der Waals surface area contributed by atoms with Gasteiger partial charge < -0.3 is 10.2 Å². The van der Waals surface area contributed by atoms with Crippen LogP contribution in [-0.4, -0.2) is 16.9 Å². The fourth-order valence-corrected chi connectivity index (χ4v) is 4.43. The second-order valence-electron chi connectivity index (χ2n) is 6.22. The van der Waals surface area contributed by atoms with Crippen molar-refractivity contribution in [2.45, 2.75) is 32.4 Å². The Balaban J connectivity index is 1.70. The summed E-state index contributed by atoms with van der Waals surface area (Å²) < 4.78 is 1.18. The summed E-state index contributed by atoms with van der Waals surface area (Å²) in [5.74, 6) is 0.0911. The first-order valence-electron chi connectivity index (χ1n) is 8.14. The number of nitrogens with zero attached hydrogens (tertiary/aromatic N) is 2. The highest BCUT2D eigenvalue weighted by atomic mass is 32.1. The second-order valence-corrected chi connectivity index (χ2v) is 7.25. The van der Waals surface area contributed by atoms with E-state index in [4.69, 9.17) is 0 Å².